The molecule has 8 aliphatic rings. The molecule has 0 saturated heterocycles. The summed E-state index contributed by atoms with van der Waals surface area (Å²) >= 11 is 0. The number of para-hydroxylation sites is 7. The van der Waals surface area contributed by atoms with Crippen LogP contribution in [0.25, 0.3) is 11.1 Å². The van der Waals surface area contributed by atoms with Gasteiger partial charge < -0.3 is 38.4 Å². The molecule has 0 aliphatic carbocycles. The van der Waals surface area contributed by atoms with Crippen molar-refractivity contribution >= 4 is 97.4 Å². The molecule has 3 atom stereocenters. The highest BCUT2D eigenvalue weighted by molar-refractivity contribution is 6.98. The number of hydrogen-bond donors (Lipinski definition) is 0. The molecule has 3 unspecified atom stereocenters. The first-order chi connectivity index (χ1) is 47.3. The van der Waals surface area contributed by atoms with E-state index in [1.807, 2.05) is 0 Å². The van der Waals surface area contributed by atoms with E-state index in [9.17, 15) is 0 Å². The smallest absolute Gasteiger partial charge is 0.251 e. The van der Waals surface area contributed by atoms with E-state index >= 15 is 0 Å². The summed E-state index contributed by atoms with van der Waals surface area (Å²) in [6.45, 7) is 20.9. The second-order valence-electron chi connectivity index (χ2n) is 28.9. The maximum atomic E-state index is 7.36. The summed E-state index contributed by atoms with van der Waals surface area (Å²) in [7, 11) is 0. The Morgan fingerprint density at radius 2 is 0.670 bits per heavy atom. The van der Waals surface area contributed by atoms with Gasteiger partial charge in [0.25, 0.3) is 13.4 Å². The molecule has 0 amide bonds. The molecule has 0 fully saturated rings. The zero-order valence-corrected chi connectivity index (χ0v) is 55.8. The van der Waals surface area contributed by atoms with Crippen LogP contribution >= 0.6 is 0 Å². The number of nitrogens with zero attached hydrogens (tertiary/aromatic N) is 3. The van der Waals surface area contributed by atoms with Crippen LogP contribution in [0.15, 0.2) is 218 Å². The lowest BCUT2D eigenvalue weighted by atomic mass is 9.33. The van der Waals surface area contributed by atoms with Gasteiger partial charge in [-0.25, -0.2) is 0 Å². The Morgan fingerprint density at radius 1 is 0.289 bits per heavy atom. The van der Waals surface area contributed by atoms with Crippen LogP contribution in [0.2, 0.25) is 0 Å². The Labute approximate surface area is 567 Å². The third-order valence-electron chi connectivity index (χ3n) is 22.5. The molecule has 0 aromatic heterocycles. The third kappa shape index (κ3) is 8.07. The molecule has 0 spiro atoms. The number of ether oxygens (including phenoxy) is 5. The number of anilines is 9. The average molecular weight is 1260 g/mol. The number of fused-ring (bicyclic) bond motifs is 16. The maximum absolute atomic E-state index is 7.36. The highest BCUT2D eigenvalue weighted by Crippen LogP contribution is 2.59. The molecular formula is C87H69B2N3O5. The highest BCUT2D eigenvalue weighted by atomic mass is 16.5. The van der Waals surface area contributed by atoms with Crippen LogP contribution in [-0.4, -0.2) is 13.4 Å². The van der Waals surface area contributed by atoms with Gasteiger partial charge in [-0.05, 0) is 216 Å². The third-order valence-corrected chi connectivity index (χ3v) is 22.5. The summed E-state index contributed by atoms with van der Waals surface area (Å²) in [4.78, 5) is 7.31. The Kier molecular flexibility index (Phi) is 12.0. The normalized spacial score (nSPS) is 16.8. The van der Waals surface area contributed by atoms with Crippen molar-refractivity contribution in [2.75, 3.05) is 14.7 Å². The SMILES string of the molecule is CC(C)c1cc(C(C)C)c2c(c1)C(C)c1cccc3c1N(c1ccc4c(c1)B2c1ccc(-c2ccc5c(c2)Oc2cccc6c2N5c2ccc5c(c2)B2c7cc(ccc7O5)N5c7ccccc7Oc7cccc(c75)C(C)c5cc(C(C)C)cc(c52)C6C)cc1O4)c1ccccc1O3. The first-order valence-corrected chi connectivity index (χ1v) is 34.7. The van der Waals surface area contributed by atoms with Crippen LogP contribution in [0, 0.1) is 0 Å². The first-order valence-electron chi connectivity index (χ1n) is 34.7. The van der Waals surface area contributed by atoms with E-state index in [4.69, 9.17) is 23.7 Å². The van der Waals surface area contributed by atoms with E-state index in [1.165, 1.54) is 61.0 Å². The van der Waals surface area contributed by atoms with Crippen molar-refractivity contribution in [3.8, 4) is 68.6 Å². The fraction of sp³-hybridized carbons (Fsp3) is 0.172. The van der Waals surface area contributed by atoms with E-state index in [1.54, 1.807) is 0 Å². The largest absolute Gasteiger partial charge is 0.458 e. The van der Waals surface area contributed by atoms with E-state index in [0.29, 0.717) is 5.92 Å². The van der Waals surface area contributed by atoms with Gasteiger partial charge in [0.05, 0.1) is 34.1 Å². The van der Waals surface area contributed by atoms with E-state index in [2.05, 4.69) is 295 Å². The van der Waals surface area contributed by atoms with Gasteiger partial charge in [-0.1, -0.05) is 176 Å². The van der Waals surface area contributed by atoms with E-state index in [0.717, 1.165) is 142 Å². The fourth-order valence-corrected chi connectivity index (χ4v) is 17.6. The van der Waals surface area contributed by atoms with Gasteiger partial charge in [-0.3, -0.25) is 0 Å². The van der Waals surface area contributed by atoms with Crippen LogP contribution in [0.1, 0.15) is 148 Å². The molecule has 468 valence electrons. The Hall–Kier alpha value is -10.8. The molecule has 20 rings (SSSR count). The van der Waals surface area contributed by atoms with Crippen molar-refractivity contribution < 1.29 is 23.7 Å². The summed E-state index contributed by atoms with van der Waals surface area (Å²) in [5, 5.41) is 0. The van der Waals surface area contributed by atoms with Crippen LogP contribution < -0.4 is 71.2 Å². The van der Waals surface area contributed by atoms with Gasteiger partial charge in [0.1, 0.15) is 23.0 Å². The number of benzene rings is 12. The zero-order valence-electron chi connectivity index (χ0n) is 55.8. The molecule has 8 nitrogen and oxygen atoms in total. The first kappa shape index (κ1) is 56.5. The maximum Gasteiger partial charge on any atom is 0.251 e. The summed E-state index contributed by atoms with van der Waals surface area (Å²) in [5.74, 6) is 9.19. The van der Waals surface area contributed by atoms with E-state index in [-0.39, 0.29) is 43.0 Å². The summed E-state index contributed by atoms with van der Waals surface area (Å²) < 4.78 is 35.4. The Bertz CT molecular complexity index is 5460. The minimum atomic E-state index is -0.173. The van der Waals surface area contributed by atoms with Crippen molar-refractivity contribution in [2.24, 2.45) is 0 Å². The van der Waals surface area contributed by atoms with Gasteiger partial charge in [0.2, 0.25) is 0 Å². The topological polar surface area (TPSA) is 55.9 Å². The van der Waals surface area contributed by atoms with Crippen LogP contribution in [0.5, 0.6) is 57.5 Å². The molecule has 10 heteroatoms. The van der Waals surface area contributed by atoms with Crippen molar-refractivity contribution in [3.05, 3.63) is 268 Å². The summed E-state index contributed by atoms with van der Waals surface area (Å²) in [5.41, 5.74) is 30.3. The Morgan fingerprint density at radius 3 is 1.14 bits per heavy atom. The summed E-state index contributed by atoms with van der Waals surface area (Å²) in [6.07, 6.45) is 0. The molecule has 12 aromatic rings. The zero-order chi connectivity index (χ0) is 65.1. The van der Waals surface area contributed by atoms with Gasteiger partial charge >= 0.3 is 0 Å². The minimum absolute atomic E-state index is 0.0148. The molecule has 8 aliphatic heterocycles. The average Bonchev–Trinajstić information content (AvgIpc) is 0.716. The molecule has 8 heterocycles. The Balaban J connectivity index is 0.749. The second kappa shape index (κ2) is 20.6. The lowest BCUT2D eigenvalue weighted by Crippen LogP contribution is -2.58. The van der Waals surface area contributed by atoms with Crippen LogP contribution in [0.4, 0.5) is 51.2 Å². The highest BCUT2D eigenvalue weighted by Gasteiger charge is 2.45. The minimum Gasteiger partial charge on any atom is -0.458 e. The standard InChI is InChI=1S/C87H69B2N3O5/c1-46(2)54-37-62(48(5)6)83-63(38-54)49(7)59-17-14-24-78-85(59)90(70-20-10-12-22-76(70)95-78)56-31-36-75-67(43-56)88(83)66-32-27-52(41-81(66)94-75)53-28-33-72-82(42-53)97-80-26-16-19-61-51(9)65-40-55(47(3)4)39-64-50(8)60-18-15-25-79-86(60)91(71-21-11-13-23-77(71)96-79)57-29-34-73-68(44-57)89(84(64)65)69-45-58(92(72)87(61)80)30-35-74(69)93-73/h10-51H,1-9H3. The molecule has 0 N–H and O–H groups in total. The molecule has 12 aromatic carbocycles. The van der Waals surface area contributed by atoms with Gasteiger partial charge in [0.15, 0.2) is 34.5 Å². The quantitative estimate of drug-likeness (QED) is 0.162. The van der Waals surface area contributed by atoms with Crippen LogP contribution in [-0.2, 0) is 0 Å². The molecule has 97 heavy (non-hydrogen) atoms. The lowest BCUT2D eigenvalue weighted by Gasteiger charge is -2.41. The summed E-state index contributed by atoms with van der Waals surface area (Å²) in [6, 6.07) is 81.0. The predicted octanol–water partition coefficient (Wildman–Crippen LogP) is 20.1. The number of rotatable bonds is 4. The second-order valence-corrected chi connectivity index (χ2v) is 28.9. The van der Waals surface area contributed by atoms with E-state index < -0.39 is 0 Å². The molecule has 6 bridgehead atoms. The van der Waals surface area contributed by atoms with Crippen molar-refractivity contribution in [2.45, 2.75) is 97.8 Å². The predicted molar refractivity (Wildman–Crippen MR) is 396 cm³/mol. The molecule has 0 radical (unpaired) electrons. The van der Waals surface area contributed by atoms with Crippen molar-refractivity contribution in [1.82, 2.24) is 0 Å². The number of hydrogen-bond acceptors (Lipinski definition) is 8. The van der Waals surface area contributed by atoms with Crippen molar-refractivity contribution in [3.63, 3.8) is 0 Å². The van der Waals surface area contributed by atoms with Gasteiger partial charge in [-0.15, -0.1) is 0 Å². The fourth-order valence-electron chi connectivity index (χ4n) is 17.6. The van der Waals surface area contributed by atoms with Gasteiger partial charge in [0, 0.05) is 34.8 Å². The van der Waals surface area contributed by atoms with Crippen molar-refractivity contribution in [1.29, 1.82) is 0 Å². The van der Waals surface area contributed by atoms with Crippen LogP contribution in [0.3, 0.4) is 0 Å². The molecule has 0 saturated carbocycles. The monoisotopic (exact) mass is 1260 g/mol. The molecular weight excluding hydrogens is 1190 g/mol. The lowest BCUT2D eigenvalue weighted by molar-refractivity contribution is 0.475. The van der Waals surface area contributed by atoms with Gasteiger partial charge in [-0.2, -0.15) is 0 Å².